The lowest BCUT2D eigenvalue weighted by molar-refractivity contribution is -0.0142. The standard InChI is InChI=1S/C26H30BrCl2NO2/c1-2-31-24-11-19(13-30-26-17-7-15-6-16(9-17)10-18(26)8-15)21(27)12-25(24)32-14-20-22(28)4-3-5-23(20)29/h3-5,11-12,15-18,26,30H,2,6-10,13-14H2,1H3. The van der Waals surface area contributed by atoms with Gasteiger partial charge in [0, 0.05) is 32.7 Å². The Bertz CT molecular complexity index is 934. The first-order valence-electron chi connectivity index (χ1n) is 11.8. The van der Waals surface area contributed by atoms with Crippen LogP contribution in [0.1, 0.15) is 50.2 Å². The van der Waals surface area contributed by atoms with E-state index >= 15 is 0 Å². The van der Waals surface area contributed by atoms with Gasteiger partial charge < -0.3 is 14.8 Å². The van der Waals surface area contributed by atoms with E-state index in [1.54, 1.807) is 0 Å². The van der Waals surface area contributed by atoms with Gasteiger partial charge in [-0.25, -0.2) is 0 Å². The third-order valence-corrected chi connectivity index (χ3v) is 9.05. The summed E-state index contributed by atoms with van der Waals surface area (Å²) >= 11 is 16.4. The number of rotatable bonds is 8. The van der Waals surface area contributed by atoms with Gasteiger partial charge in [0.2, 0.25) is 0 Å². The average molecular weight is 539 g/mol. The summed E-state index contributed by atoms with van der Waals surface area (Å²) in [6.07, 6.45) is 7.19. The van der Waals surface area contributed by atoms with Crippen LogP contribution < -0.4 is 14.8 Å². The van der Waals surface area contributed by atoms with Crippen LogP contribution in [0.25, 0.3) is 0 Å². The molecule has 1 N–H and O–H groups in total. The second-order valence-corrected chi connectivity index (χ2v) is 11.3. The van der Waals surface area contributed by atoms with Crippen LogP contribution in [0.3, 0.4) is 0 Å². The van der Waals surface area contributed by atoms with Crippen molar-refractivity contribution < 1.29 is 9.47 Å². The molecule has 0 atom stereocenters. The third kappa shape index (κ3) is 4.66. The zero-order chi connectivity index (χ0) is 22.2. The summed E-state index contributed by atoms with van der Waals surface area (Å²) in [7, 11) is 0. The number of hydrogen-bond acceptors (Lipinski definition) is 3. The lowest BCUT2D eigenvalue weighted by atomic mass is 9.54. The molecule has 2 aromatic carbocycles. The van der Waals surface area contributed by atoms with Crippen molar-refractivity contribution in [3.05, 3.63) is 56.0 Å². The molecule has 0 spiro atoms. The van der Waals surface area contributed by atoms with Crippen molar-refractivity contribution >= 4 is 39.1 Å². The highest BCUT2D eigenvalue weighted by atomic mass is 79.9. The zero-order valence-electron chi connectivity index (χ0n) is 18.4. The van der Waals surface area contributed by atoms with E-state index in [1.165, 1.54) is 37.7 Å². The molecule has 0 saturated heterocycles. The monoisotopic (exact) mass is 537 g/mol. The van der Waals surface area contributed by atoms with Crippen molar-refractivity contribution in [1.82, 2.24) is 5.32 Å². The van der Waals surface area contributed by atoms with Crippen molar-refractivity contribution in [3.63, 3.8) is 0 Å². The minimum Gasteiger partial charge on any atom is -0.490 e. The van der Waals surface area contributed by atoms with E-state index in [9.17, 15) is 0 Å². The second kappa shape index (κ2) is 9.74. The highest BCUT2D eigenvalue weighted by molar-refractivity contribution is 9.10. The molecule has 4 aliphatic carbocycles. The molecule has 4 saturated carbocycles. The first-order chi connectivity index (χ1) is 15.5. The molecule has 3 nitrogen and oxygen atoms in total. The lowest BCUT2D eigenvalue weighted by Gasteiger charge is -2.54. The van der Waals surface area contributed by atoms with E-state index in [1.807, 2.05) is 31.2 Å². The number of ether oxygens (including phenoxy) is 2. The molecule has 4 aliphatic rings. The second-order valence-electron chi connectivity index (χ2n) is 9.65. The van der Waals surface area contributed by atoms with E-state index in [-0.39, 0.29) is 6.61 Å². The van der Waals surface area contributed by atoms with Gasteiger partial charge in [0.15, 0.2) is 11.5 Å². The Morgan fingerprint density at radius 1 is 0.938 bits per heavy atom. The Kier molecular flexibility index (Phi) is 6.95. The van der Waals surface area contributed by atoms with Crippen LogP contribution in [0.2, 0.25) is 10.0 Å². The van der Waals surface area contributed by atoms with E-state index in [2.05, 4.69) is 27.3 Å². The van der Waals surface area contributed by atoms with Gasteiger partial charge in [0.1, 0.15) is 6.61 Å². The fourth-order valence-corrected chi connectivity index (χ4v) is 7.37. The van der Waals surface area contributed by atoms with E-state index in [4.69, 9.17) is 32.7 Å². The minimum atomic E-state index is 0.288. The van der Waals surface area contributed by atoms with Gasteiger partial charge >= 0.3 is 0 Å². The predicted molar refractivity (Wildman–Crippen MR) is 134 cm³/mol. The van der Waals surface area contributed by atoms with E-state index in [0.29, 0.717) is 28.4 Å². The first kappa shape index (κ1) is 22.8. The Hall–Kier alpha value is -0.940. The quantitative estimate of drug-likeness (QED) is 0.374. The first-order valence-corrected chi connectivity index (χ1v) is 13.3. The predicted octanol–water partition coefficient (Wildman–Crippen LogP) is 7.65. The van der Waals surface area contributed by atoms with Gasteiger partial charge in [-0.1, -0.05) is 45.2 Å². The molecule has 4 fully saturated rings. The molecule has 172 valence electrons. The number of hydrogen-bond donors (Lipinski definition) is 1. The van der Waals surface area contributed by atoms with Crippen LogP contribution in [-0.4, -0.2) is 12.6 Å². The maximum Gasteiger partial charge on any atom is 0.162 e. The smallest absolute Gasteiger partial charge is 0.162 e. The molecule has 32 heavy (non-hydrogen) atoms. The van der Waals surface area contributed by atoms with Gasteiger partial charge in [-0.15, -0.1) is 0 Å². The van der Waals surface area contributed by atoms with E-state index in [0.717, 1.165) is 46.0 Å². The Balaban J connectivity index is 1.29. The Labute approximate surface area is 209 Å². The molecule has 0 unspecified atom stereocenters. The molecule has 0 amide bonds. The van der Waals surface area contributed by atoms with Gasteiger partial charge in [0.25, 0.3) is 0 Å². The number of halogens is 3. The van der Waals surface area contributed by atoms with Crippen LogP contribution >= 0.6 is 39.1 Å². The van der Waals surface area contributed by atoms with Crippen molar-refractivity contribution in [3.8, 4) is 11.5 Å². The molecule has 6 rings (SSSR count). The number of benzene rings is 2. The summed E-state index contributed by atoms with van der Waals surface area (Å²) in [5.74, 6) is 5.15. The van der Waals surface area contributed by atoms with Crippen molar-refractivity contribution in [2.45, 2.75) is 58.2 Å². The van der Waals surface area contributed by atoms with Gasteiger partial charge in [-0.05, 0) is 92.5 Å². The maximum atomic E-state index is 6.31. The highest BCUT2D eigenvalue weighted by Gasteiger charge is 2.47. The summed E-state index contributed by atoms with van der Waals surface area (Å²) in [6, 6.07) is 10.2. The molecule has 0 aliphatic heterocycles. The van der Waals surface area contributed by atoms with Crippen LogP contribution in [0, 0.1) is 23.7 Å². The Morgan fingerprint density at radius 2 is 1.56 bits per heavy atom. The van der Waals surface area contributed by atoms with Crippen molar-refractivity contribution in [2.24, 2.45) is 23.7 Å². The Morgan fingerprint density at radius 3 is 2.19 bits per heavy atom. The summed E-state index contributed by atoms with van der Waals surface area (Å²) < 4.78 is 13.1. The normalized spacial score (nSPS) is 28.2. The molecule has 2 aromatic rings. The SMILES string of the molecule is CCOc1cc(CNC2C3CC4CC(C3)CC2C4)c(Br)cc1OCc1c(Cl)cccc1Cl. The fourth-order valence-electron chi connectivity index (χ4n) is 6.40. The highest BCUT2D eigenvalue weighted by Crippen LogP contribution is 2.53. The number of nitrogens with one attached hydrogen (secondary N) is 1. The molecule has 0 radical (unpaired) electrons. The molecular formula is C26H30BrCl2NO2. The van der Waals surface area contributed by atoms with Crippen molar-refractivity contribution in [1.29, 1.82) is 0 Å². The van der Waals surface area contributed by atoms with Crippen LogP contribution in [0.4, 0.5) is 0 Å². The van der Waals surface area contributed by atoms with Crippen molar-refractivity contribution in [2.75, 3.05) is 6.61 Å². The lowest BCUT2D eigenvalue weighted by Crippen LogP contribution is -2.54. The fraction of sp³-hybridized carbons (Fsp3) is 0.538. The largest absolute Gasteiger partial charge is 0.490 e. The van der Waals surface area contributed by atoms with Gasteiger partial charge in [-0.3, -0.25) is 0 Å². The third-order valence-electron chi connectivity index (χ3n) is 7.60. The van der Waals surface area contributed by atoms with Gasteiger partial charge in [0.05, 0.1) is 6.61 Å². The van der Waals surface area contributed by atoms with Gasteiger partial charge in [-0.2, -0.15) is 0 Å². The summed E-state index contributed by atoms with van der Waals surface area (Å²) in [6.45, 7) is 3.69. The van der Waals surface area contributed by atoms with Crippen LogP contribution in [0.5, 0.6) is 11.5 Å². The maximum absolute atomic E-state index is 6.31. The van der Waals surface area contributed by atoms with Crippen LogP contribution in [-0.2, 0) is 13.2 Å². The van der Waals surface area contributed by atoms with E-state index < -0.39 is 0 Å². The summed E-state index contributed by atoms with van der Waals surface area (Å²) in [5, 5.41) is 5.13. The van der Waals surface area contributed by atoms with Crippen LogP contribution in [0.15, 0.2) is 34.8 Å². The molecule has 4 bridgehead atoms. The summed E-state index contributed by atoms with van der Waals surface area (Å²) in [5.41, 5.74) is 1.98. The molecular weight excluding hydrogens is 509 g/mol. The molecule has 0 heterocycles. The molecule has 0 aromatic heterocycles. The average Bonchev–Trinajstić information content (AvgIpc) is 2.75. The topological polar surface area (TPSA) is 30.5 Å². The zero-order valence-corrected chi connectivity index (χ0v) is 21.5. The molecule has 6 heteroatoms. The minimum absolute atomic E-state index is 0.288. The summed E-state index contributed by atoms with van der Waals surface area (Å²) in [4.78, 5) is 0.